The fraction of sp³-hybridized carbons (Fsp3) is 0.238. The molecule has 8 heteroatoms. The Morgan fingerprint density at radius 1 is 0.897 bits per heavy atom. The van der Waals surface area contributed by atoms with E-state index in [0.29, 0.717) is 11.1 Å². The minimum atomic E-state index is -1.04. The van der Waals surface area contributed by atoms with Crippen LogP contribution in [0.3, 0.4) is 0 Å². The third-order valence-electron chi connectivity index (χ3n) is 4.38. The van der Waals surface area contributed by atoms with Crippen molar-refractivity contribution in [1.29, 1.82) is 5.41 Å². The van der Waals surface area contributed by atoms with Crippen molar-refractivity contribution in [2.45, 2.75) is 25.9 Å². The van der Waals surface area contributed by atoms with Gasteiger partial charge in [0.2, 0.25) is 11.8 Å². The largest absolute Gasteiger partial charge is 0.384 e. The first-order chi connectivity index (χ1) is 13.7. The van der Waals surface area contributed by atoms with E-state index in [-0.39, 0.29) is 17.3 Å². The van der Waals surface area contributed by atoms with Gasteiger partial charge >= 0.3 is 0 Å². The van der Waals surface area contributed by atoms with Gasteiger partial charge in [0.25, 0.3) is 5.91 Å². The molecule has 29 heavy (non-hydrogen) atoms. The highest BCUT2D eigenvalue weighted by atomic mass is 16.2. The molecule has 0 radical (unpaired) electrons. The highest BCUT2D eigenvalue weighted by Crippen LogP contribution is 2.16. The minimum absolute atomic E-state index is 0.168. The summed E-state index contributed by atoms with van der Waals surface area (Å²) in [5.41, 5.74) is 12.1. The van der Waals surface area contributed by atoms with Crippen molar-refractivity contribution in [3.8, 4) is 0 Å². The summed E-state index contributed by atoms with van der Waals surface area (Å²) < 4.78 is 0. The van der Waals surface area contributed by atoms with Crippen LogP contribution in [0.5, 0.6) is 0 Å². The average Bonchev–Trinajstić information content (AvgIpc) is 2.70. The number of benzene rings is 2. The Hall–Kier alpha value is -3.68. The third-order valence-corrected chi connectivity index (χ3v) is 4.38. The van der Waals surface area contributed by atoms with E-state index in [1.165, 1.54) is 6.07 Å². The second-order valence-corrected chi connectivity index (χ2v) is 6.94. The van der Waals surface area contributed by atoms with Crippen molar-refractivity contribution in [3.63, 3.8) is 0 Å². The molecule has 3 amide bonds. The average molecular weight is 395 g/mol. The summed E-state index contributed by atoms with van der Waals surface area (Å²) in [6, 6.07) is 13.0. The number of nitrogen functional groups attached to an aromatic ring is 1. The Morgan fingerprint density at radius 3 is 2.07 bits per heavy atom. The van der Waals surface area contributed by atoms with Crippen LogP contribution in [0.2, 0.25) is 0 Å². The van der Waals surface area contributed by atoms with Crippen LogP contribution in [0.4, 0.5) is 0 Å². The highest BCUT2D eigenvalue weighted by Gasteiger charge is 2.28. The van der Waals surface area contributed by atoms with Crippen LogP contribution in [0.25, 0.3) is 0 Å². The van der Waals surface area contributed by atoms with E-state index in [4.69, 9.17) is 16.9 Å². The van der Waals surface area contributed by atoms with E-state index in [9.17, 15) is 14.4 Å². The third kappa shape index (κ3) is 5.65. The molecule has 0 bridgehead atoms. The summed E-state index contributed by atoms with van der Waals surface area (Å²) >= 11 is 0. The maximum atomic E-state index is 12.9. The lowest BCUT2D eigenvalue weighted by Crippen LogP contribution is -2.51. The van der Waals surface area contributed by atoms with Gasteiger partial charge in [-0.15, -0.1) is 0 Å². The molecule has 0 spiro atoms. The quantitative estimate of drug-likeness (QED) is 0.335. The summed E-state index contributed by atoms with van der Waals surface area (Å²) in [5, 5.41) is 12.8. The van der Waals surface area contributed by atoms with E-state index in [1.54, 1.807) is 62.4 Å². The molecule has 2 atom stereocenters. The van der Waals surface area contributed by atoms with Gasteiger partial charge in [-0.2, -0.15) is 0 Å². The molecule has 0 fully saturated rings. The number of primary amides is 1. The summed E-state index contributed by atoms with van der Waals surface area (Å²) in [5.74, 6) is -2.10. The van der Waals surface area contributed by atoms with Crippen LogP contribution >= 0.6 is 0 Å². The molecule has 0 saturated carbocycles. The van der Waals surface area contributed by atoms with E-state index in [1.807, 2.05) is 0 Å². The molecule has 8 nitrogen and oxygen atoms in total. The van der Waals surface area contributed by atoms with Gasteiger partial charge < -0.3 is 22.1 Å². The Labute approximate surface area is 169 Å². The zero-order valence-electron chi connectivity index (χ0n) is 16.3. The van der Waals surface area contributed by atoms with E-state index in [2.05, 4.69) is 10.6 Å². The highest BCUT2D eigenvalue weighted by molar-refractivity contribution is 6.01. The number of amidine groups is 1. The van der Waals surface area contributed by atoms with Gasteiger partial charge in [0.15, 0.2) is 0 Å². The Bertz CT molecular complexity index is 912. The number of hydrogen-bond donors (Lipinski definition) is 5. The molecule has 152 valence electrons. The molecule has 0 unspecified atom stereocenters. The van der Waals surface area contributed by atoms with Crippen LogP contribution in [0, 0.1) is 11.3 Å². The van der Waals surface area contributed by atoms with Crippen LogP contribution < -0.4 is 22.1 Å². The summed E-state index contributed by atoms with van der Waals surface area (Å²) in [4.78, 5) is 37.4. The summed E-state index contributed by atoms with van der Waals surface area (Å²) in [6.45, 7) is 3.53. The lowest BCUT2D eigenvalue weighted by Gasteiger charge is -2.24. The Morgan fingerprint density at radius 2 is 1.52 bits per heavy atom. The van der Waals surface area contributed by atoms with E-state index >= 15 is 0 Å². The Balaban J connectivity index is 2.31. The molecule has 0 aromatic heterocycles. The smallest absolute Gasteiger partial charge is 0.252 e. The van der Waals surface area contributed by atoms with Crippen LogP contribution in [0.15, 0.2) is 54.6 Å². The fourth-order valence-corrected chi connectivity index (χ4v) is 2.79. The van der Waals surface area contributed by atoms with Crippen molar-refractivity contribution in [1.82, 2.24) is 10.6 Å². The molecule has 0 saturated heterocycles. The first-order valence-electron chi connectivity index (χ1n) is 9.10. The predicted octanol–water partition coefficient (Wildman–Crippen LogP) is 1.07. The van der Waals surface area contributed by atoms with E-state index in [0.717, 1.165) is 0 Å². The number of nitrogens with two attached hydrogens (primary N) is 2. The summed E-state index contributed by atoms with van der Waals surface area (Å²) in [6.07, 6.45) is 0. The van der Waals surface area contributed by atoms with Crippen molar-refractivity contribution in [3.05, 3.63) is 71.3 Å². The maximum absolute atomic E-state index is 12.9. The molecule has 0 aliphatic carbocycles. The lowest BCUT2D eigenvalue weighted by molar-refractivity contribution is -0.129. The van der Waals surface area contributed by atoms with Crippen LogP contribution in [0.1, 0.15) is 41.4 Å². The van der Waals surface area contributed by atoms with Crippen LogP contribution in [-0.4, -0.2) is 29.6 Å². The molecule has 0 aliphatic heterocycles. The molecular weight excluding hydrogens is 370 g/mol. The second kappa shape index (κ2) is 9.50. The number of carbonyl (C=O) groups excluding carboxylic acids is 3. The van der Waals surface area contributed by atoms with Crippen molar-refractivity contribution >= 4 is 23.6 Å². The Kier molecular flexibility index (Phi) is 7.08. The topological polar surface area (TPSA) is 151 Å². The fourth-order valence-electron chi connectivity index (χ4n) is 2.79. The van der Waals surface area contributed by atoms with Crippen LogP contribution in [-0.2, 0) is 9.59 Å². The van der Waals surface area contributed by atoms with Gasteiger partial charge in [-0.3, -0.25) is 19.8 Å². The van der Waals surface area contributed by atoms with E-state index < -0.39 is 29.8 Å². The predicted molar refractivity (Wildman–Crippen MR) is 110 cm³/mol. The first-order valence-corrected chi connectivity index (χ1v) is 9.10. The van der Waals surface area contributed by atoms with Crippen molar-refractivity contribution in [2.24, 2.45) is 17.4 Å². The van der Waals surface area contributed by atoms with Crippen molar-refractivity contribution < 1.29 is 14.4 Å². The molecule has 0 heterocycles. The molecular formula is C21H25N5O3. The van der Waals surface area contributed by atoms with Gasteiger partial charge in [-0.25, -0.2) is 0 Å². The minimum Gasteiger partial charge on any atom is -0.384 e. The number of amides is 3. The molecule has 2 aromatic rings. The van der Waals surface area contributed by atoms with Gasteiger partial charge in [0.05, 0.1) is 0 Å². The number of rotatable bonds is 8. The molecule has 2 aromatic carbocycles. The SMILES string of the molecule is CC(C)[C@@H](NC(=O)[C@H](NC(=O)c1cccc(C(=N)N)c1)c1ccccc1)C(N)=O. The number of carbonyl (C=O) groups is 3. The number of nitrogens with one attached hydrogen (secondary N) is 3. The molecule has 2 rings (SSSR count). The normalized spacial score (nSPS) is 12.7. The second-order valence-electron chi connectivity index (χ2n) is 6.94. The van der Waals surface area contributed by atoms with Gasteiger partial charge in [-0.1, -0.05) is 56.3 Å². The maximum Gasteiger partial charge on any atom is 0.252 e. The van der Waals surface area contributed by atoms with Gasteiger partial charge in [0, 0.05) is 11.1 Å². The first kappa shape index (κ1) is 21.6. The van der Waals surface area contributed by atoms with Crippen molar-refractivity contribution in [2.75, 3.05) is 0 Å². The zero-order chi connectivity index (χ0) is 21.6. The zero-order valence-corrected chi connectivity index (χ0v) is 16.3. The standard InChI is InChI=1S/C21H25N5O3/c1-12(2)16(19(24)27)25-21(29)17(13-7-4-3-5-8-13)26-20(28)15-10-6-9-14(11-15)18(22)23/h3-12,16-17H,1-2H3,(H3,22,23)(H2,24,27)(H,25,29)(H,26,28)/t16-,17-/m1/s1. The molecule has 0 aliphatic rings. The lowest BCUT2D eigenvalue weighted by atomic mass is 10.0. The summed E-state index contributed by atoms with van der Waals surface area (Å²) in [7, 11) is 0. The monoisotopic (exact) mass is 395 g/mol. The molecule has 7 N–H and O–H groups in total. The van der Waals surface area contributed by atoms with Gasteiger partial charge in [0.1, 0.15) is 17.9 Å². The van der Waals surface area contributed by atoms with Gasteiger partial charge in [-0.05, 0) is 23.6 Å². The number of hydrogen-bond acceptors (Lipinski definition) is 4.